The molecule has 0 atom stereocenters. The first-order valence-electron chi connectivity index (χ1n) is 4.51. The molecule has 0 saturated carbocycles. The third-order valence-corrected chi connectivity index (χ3v) is 1.80. The third kappa shape index (κ3) is 3.80. The molecule has 0 spiro atoms. The van der Waals surface area contributed by atoms with E-state index in [2.05, 4.69) is 5.32 Å². The number of hydrogen-bond donors (Lipinski definition) is 3. The Morgan fingerprint density at radius 3 is 3.15 bits per heavy atom. The van der Waals surface area contributed by atoms with E-state index in [0.29, 0.717) is 18.7 Å². The Labute approximate surface area is 78.6 Å². The predicted molar refractivity (Wildman–Crippen MR) is 54.2 cm³/mol. The molecule has 0 heterocycles. The lowest BCUT2D eigenvalue weighted by molar-refractivity contribution is 0.398. The van der Waals surface area contributed by atoms with Crippen molar-refractivity contribution < 1.29 is 5.11 Å². The van der Waals surface area contributed by atoms with Gasteiger partial charge in [0.25, 0.3) is 0 Å². The maximum atomic E-state index is 9.20. The standard InChI is InChI=1S/C10H16N2O/c11-5-2-6-12-8-9-3-1-4-10(13)7-9/h1,3-4,8,12-13H,2,5-7,11H2/b9-8-. The van der Waals surface area contributed by atoms with Crippen LogP contribution >= 0.6 is 0 Å². The van der Waals surface area contributed by atoms with Crippen molar-refractivity contribution in [1.29, 1.82) is 0 Å². The summed E-state index contributed by atoms with van der Waals surface area (Å²) in [4.78, 5) is 0. The summed E-state index contributed by atoms with van der Waals surface area (Å²) in [7, 11) is 0. The van der Waals surface area contributed by atoms with E-state index in [1.807, 2.05) is 18.4 Å². The molecule has 3 nitrogen and oxygen atoms in total. The molecule has 0 bridgehead atoms. The molecule has 13 heavy (non-hydrogen) atoms. The van der Waals surface area contributed by atoms with E-state index in [4.69, 9.17) is 5.73 Å². The summed E-state index contributed by atoms with van der Waals surface area (Å²) in [5.41, 5.74) is 6.44. The summed E-state index contributed by atoms with van der Waals surface area (Å²) in [5.74, 6) is 0.411. The summed E-state index contributed by atoms with van der Waals surface area (Å²) in [6.07, 6.45) is 9.04. The lowest BCUT2D eigenvalue weighted by Gasteiger charge is -2.06. The van der Waals surface area contributed by atoms with Crippen LogP contribution in [-0.4, -0.2) is 18.2 Å². The number of nitrogens with two attached hydrogens (primary N) is 1. The zero-order valence-electron chi connectivity index (χ0n) is 7.66. The van der Waals surface area contributed by atoms with Crippen LogP contribution in [0, 0.1) is 0 Å². The van der Waals surface area contributed by atoms with Gasteiger partial charge >= 0.3 is 0 Å². The molecule has 1 aliphatic carbocycles. The molecule has 0 radical (unpaired) electrons. The Morgan fingerprint density at radius 2 is 2.46 bits per heavy atom. The Morgan fingerprint density at radius 1 is 1.62 bits per heavy atom. The molecular formula is C10H16N2O. The van der Waals surface area contributed by atoms with Gasteiger partial charge in [-0.2, -0.15) is 0 Å². The smallest absolute Gasteiger partial charge is 0.0966 e. The number of hydrogen-bond acceptors (Lipinski definition) is 3. The van der Waals surface area contributed by atoms with Crippen molar-refractivity contribution in [2.75, 3.05) is 13.1 Å². The number of aliphatic hydroxyl groups is 1. The van der Waals surface area contributed by atoms with Crippen molar-refractivity contribution >= 4 is 0 Å². The fourth-order valence-electron chi connectivity index (χ4n) is 1.12. The summed E-state index contributed by atoms with van der Waals surface area (Å²) >= 11 is 0. The zero-order chi connectivity index (χ0) is 9.52. The average molecular weight is 180 g/mol. The Kier molecular flexibility index (Phi) is 4.12. The molecule has 4 N–H and O–H groups in total. The molecule has 0 aromatic rings. The summed E-state index contributed by atoms with van der Waals surface area (Å²) in [6, 6.07) is 0. The molecule has 0 aromatic heterocycles. The summed E-state index contributed by atoms with van der Waals surface area (Å²) in [6.45, 7) is 1.59. The first-order chi connectivity index (χ1) is 6.33. The molecule has 0 aliphatic heterocycles. The summed E-state index contributed by atoms with van der Waals surface area (Å²) in [5, 5.41) is 12.3. The molecule has 0 unspecified atom stereocenters. The van der Waals surface area contributed by atoms with E-state index >= 15 is 0 Å². The quantitative estimate of drug-likeness (QED) is 0.570. The highest BCUT2D eigenvalue weighted by Crippen LogP contribution is 2.13. The van der Waals surface area contributed by atoms with Gasteiger partial charge in [0.2, 0.25) is 0 Å². The van der Waals surface area contributed by atoms with Gasteiger partial charge in [-0.3, -0.25) is 0 Å². The monoisotopic (exact) mass is 180 g/mol. The van der Waals surface area contributed by atoms with E-state index < -0.39 is 0 Å². The van der Waals surface area contributed by atoms with Crippen LogP contribution in [0.25, 0.3) is 0 Å². The minimum atomic E-state index is 0.411. The van der Waals surface area contributed by atoms with E-state index in [9.17, 15) is 5.11 Å². The number of nitrogens with one attached hydrogen (secondary N) is 1. The second kappa shape index (κ2) is 5.43. The minimum Gasteiger partial charge on any atom is -0.512 e. The SMILES string of the molecule is NCCCN/C=C1/C=CC=C(O)C1. The lowest BCUT2D eigenvalue weighted by atomic mass is 10.1. The third-order valence-electron chi connectivity index (χ3n) is 1.80. The Hall–Kier alpha value is -1.22. The fraction of sp³-hybridized carbons (Fsp3) is 0.400. The van der Waals surface area contributed by atoms with Crippen molar-refractivity contribution in [2.24, 2.45) is 5.73 Å². The van der Waals surface area contributed by atoms with Gasteiger partial charge in [-0.25, -0.2) is 0 Å². The maximum absolute atomic E-state index is 9.20. The van der Waals surface area contributed by atoms with Crippen LogP contribution in [-0.2, 0) is 0 Å². The van der Waals surface area contributed by atoms with Crippen molar-refractivity contribution in [2.45, 2.75) is 12.8 Å². The zero-order valence-corrected chi connectivity index (χ0v) is 7.66. The molecule has 0 saturated heterocycles. The molecule has 0 fully saturated rings. The molecule has 0 amide bonds. The summed E-state index contributed by atoms with van der Waals surface area (Å²) < 4.78 is 0. The van der Waals surface area contributed by atoms with Gasteiger partial charge in [-0.15, -0.1) is 0 Å². The first kappa shape index (κ1) is 9.86. The van der Waals surface area contributed by atoms with E-state index in [0.717, 1.165) is 18.5 Å². The minimum absolute atomic E-state index is 0.411. The van der Waals surface area contributed by atoms with Crippen molar-refractivity contribution in [1.82, 2.24) is 5.32 Å². The first-order valence-corrected chi connectivity index (χ1v) is 4.51. The van der Waals surface area contributed by atoms with E-state index in [-0.39, 0.29) is 0 Å². The lowest BCUT2D eigenvalue weighted by Crippen LogP contribution is -2.13. The molecule has 0 aromatic carbocycles. The number of aliphatic hydroxyl groups excluding tert-OH is 1. The molecule has 1 rings (SSSR count). The predicted octanol–water partition coefficient (Wildman–Crippen LogP) is 1.21. The van der Waals surface area contributed by atoms with Crippen LogP contribution < -0.4 is 11.1 Å². The second-order valence-corrected chi connectivity index (χ2v) is 3.01. The van der Waals surface area contributed by atoms with E-state index in [1.165, 1.54) is 0 Å². The molecule has 3 heteroatoms. The van der Waals surface area contributed by atoms with Crippen LogP contribution in [0.4, 0.5) is 0 Å². The van der Waals surface area contributed by atoms with Crippen molar-refractivity contribution in [3.63, 3.8) is 0 Å². The van der Waals surface area contributed by atoms with Crippen molar-refractivity contribution in [3.05, 3.63) is 35.8 Å². The average Bonchev–Trinajstić information content (AvgIpc) is 2.13. The highest BCUT2D eigenvalue weighted by molar-refractivity contribution is 5.31. The van der Waals surface area contributed by atoms with Gasteiger partial charge in [0.1, 0.15) is 0 Å². The molecular weight excluding hydrogens is 164 g/mol. The largest absolute Gasteiger partial charge is 0.512 e. The van der Waals surface area contributed by atoms with Gasteiger partial charge in [-0.1, -0.05) is 12.2 Å². The van der Waals surface area contributed by atoms with Crippen LogP contribution in [0.2, 0.25) is 0 Å². The van der Waals surface area contributed by atoms with Gasteiger partial charge in [0.05, 0.1) is 5.76 Å². The Bertz CT molecular complexity index is 241. The Balaban J connectivity index is 2.28. The maximum Gasteiger partial charge on any atom is 0.0966 e. The van der Waals surface area contributed by atoms with Crippen molar-refractivity contribution in [3.8, 4) is 0 Å². The highest BCUT2D eigenvalue weighted by atomic mass is 16.3. The van der Waals surface area contributed by atoms with Gasteiger partial charge in [0.15, 0.2) is 0 Å². The second-order valence-electron chi connectivity index (χ2n) is 3.01. The topological polar surface area (TPSA) is 58.3 Å². The van der Waals surface area contributed by atoms with Gasteiger partial charge < -0.3 is 16.2 Å². The fourth-order valence-corrected chi connectivity index (χ4v) is 1.12. The van der Waals surface area contributed by atoms with Gasteiger partial charge in [0, 0.05) is 19.2 Å². The normalized spacial score (nSPS) is 18.8. The van der Waals surface area contributed by atoms with Crippen LogP contribution in [0.1, 0.15) is 12.8 Å². The highest BCUT2D eigenvalue weighted by Gasteiger charge is 2.00. The van der Waals surface area contributed by atoms with Gasteiger partial charge in [-0.05, 0) is 24.6 Å². The van der Waals surface area contributed by atoms with E-state index in [1.54, 1.807) is 6.08 Å². The molecule has 1 aliphatic rings. The molecule has 72 valence electrons. The van der Waals surface area contributed by atoms with Crippen LogP contribution in [0.15, 0.2) is 35.8 Å². The number of rotatable bonds is 4. The number of allylic oxidation sites excluding steroid dienone is 4. The van der Waals surface area contributed by atoms with Crippen LogP contribution in [0.3, 0.4) is 0 Å². The van der Waals surface area contributed by atoms with Crippen LogP contribution in [0.5, 0.6) is 0 Å².